The van der Waals surface area contributed by atoms with Crippen LogP contribution in [0.15, 0.2) is 36.4 Å². The van der Waals surface area contributed by atoms with Crippen molar-refractivity contribution in [2.75, 3.05) is 0 Å². The smallest absolute Gasteiger partial charge is 0.198 e. The van der Waals surface area contributed by atoms with Crippen molar-refractivity contribution in [2.24, 2.45) is 18.9 Å². The minimum Gasteiger partial charge on any atom is -0.198 e. The van der Waals surface area contributed by atoms with Crippen LogP contribution in [0.5, 0.6) is 0 Å². The molecule has 2 aromatic carbocycles. The van der Waals surface area contributed by atoms with E-state index in [1.165, 1.54) is 71.0 Å². The lowest BCUT2D eigenvalue weighted by Gasteiger charge is -2.42. The fourth-order valence-corrected chi connectivity index (χ4v) is 6.38. The average Bonchev–Trinajstić information content (AvgIpc) is 2.80. The molecule has 1 heterocycles. The molecule has 1 nitrogen and oxygen atoms in total. The van der Waals surface area contributed by atoms with Crippen LogP contribution in [0.1, 0.15) is 88.1 Å². The predicted octanol–water partition coefficient (Wildman–Crippen LogP) is 7.85. The predicted molar refractivity (Wildman–Crippen MR) is 136 cm³/mol. The summed E-state index contributed by atoms with van der Waals surface area (Å²) in [6.07, 6.45) is 7.00. The highest BCUT2D eigenvalue weighted by Crippen LogP contribution is 2.50. The molecule has 2 bridgehead atoms. The van der Waals surface area contributed by atoms with Crippen LogP contribution in [-0.2, 0) is 12.5 Å². The van der Waals surface area contributed by atoms with E-state index in [-0.39, 0.29) is 5.41 Å². The molecule has 1 unspecified atom stereocenters. The van der Waals surface area contributed by atoms with Gasteiger partial charge in [0.1, 0.15) is 7.05 Å². The highest BCUT2D eigenvalue weighted by molar-refractivity contribution is 5.94. The summed E-state index contributed by atoms with van der Waals surface area (Å²) in [4.78, 5) is 0. The van der Waals surface area contributed by atoms with Crippen molar-refractivity contribution in [1.29, 1.82) is 0 Å². The summed E-state index contributed by atoms with van der Waals surface area (Å²) >= 11 is 0. The summed E-state index contributed by atoms with van der Waals surface area (Å²) < 4.78 is 11.3. The molecule has 0 amide bonds. The lowest BCUT2D eigenvalue weighted by Crippen LogP contribution is -2.35. The van der Waals surface area contributed by atoms with Gasteiger partial charge in [-0.2, -0.15) is 4.57 Å². The standard InChI is InChI=1S/C31H40N/c1-19-14-26(31(4,5)6)18-28(21(19)3)30-27-13-12-24(17-25(27)15-20(2)32(30)7)29-16-22-8-10-23(29)11-9-22/h12-15,17-18,22-23,29H,8-11,16H2,1-7H3/q+1/i15D. The van der Waals surface area contributed by atoms with Gasteiger partial charge in [0.25, 0.3) is 0 Å². The van der Waals surface area contributed by atoms with Gasteiger partial charge in [0.2, 0.25) is 5.69 Å². The second-order valence-electron chi connectivity index (χ2n) is 11.8. The van der Waals surface area contributed by atoms with Crippen LogP contribution in [0.4, 0.5) is 0 Å². The van der Waals surface area contributed by atoms with E-state index in [2.05, 4.69) is 83.5 Å². The Hall–Kier alpha value is -2.15. The van der Waals surface area contributed by atoms with Crippen molar-refractivity contribution in [3.05, 3.63) is 64.3 Å². The van der Waals surface area contributed by atoms with Crippen molar-refractivity contribution < 1.29 is 5.94 Å². The van der Waals surface area contributed by atoms with E-state index in [9.17, 15) is 0 Å². The Morgan fingerprint density at radius 3 is 2.31 bits per heavy atom. The van der Waals surface area contributed by atoms with Gasteiger partial charge in [-0.15, -0.1) is 0 Å². The molecular weight excluding hydrogens is 386 g/mol. The fourth-order valence-electron chi connectivity index (χ4n) is 6.38. The quantitative estimate of drug-likeness (QED) is 0.367. The molecular formula is C31H40N+. The van der Waals surface area contributed by atoms with Gasteiger partial charge in [0.15, 0.2) is 5.69 Å². The summed E-state index contributed by atoms with van der Waals surface area (Å²) in [6.45, 7) is 13.5. The molecule has 1 atom stereocenters. The van der Waals surface area contributed by atoms with Gasteiger partial charge in [-0.1, -0.05) is 51.8 Å². The second-order valence-corrected chi connectivity index (χ2v) is 11.8. The van der Waals surface area contributed by atoms with E-state index in [1.54, 1.807) is 0 Å². The number of aryl methyl sites for hydroxylation is 1. The Bertz CT molecular complexity index is 1240. The lowest BCUT2D eigenvalue weighted by molar-refractivity contribution is -0.665. The second kappa shape index (κ2) is 7.72. The topological polar surface area (TPSA) is 3.88 Å². The van der Waals surface area contributed by atoms with Gasteiger partial charge < -0.3 is 0 Å². The first-order valence-electron chi connectivity index (χ1n) is 13.1. The van der Waals surface area contributed by atoms with E-state index >= 15 is 0 Å². The fraction of sp³-hybridized carbons (Fsp3) is 0.516. The number of aromatic nitrogens is 1. The molecule has 0 N–H and O–H groups in total. The molecule has 3 saturated carbocycles. The Kier molecular flexibility index (Phi) is 4.93. The molecule has 6 rings (SSSR count). The first-order valence-corrected chi connectivity index (χ1v) is 12.6. The first-order chi connectivity index (χ1) is 15.6. The maximum Gasteiger partial charge on any atom is 0.220 e. The minimum atomic E-state index is 0.0967. The van der Waals surface area contributed by atoms with E-state index in [4.69, 9.17) is 1.37 Å². The Labute approximate surface area is 196 Å². The van der Waals surface area contributed by atoms with Crippen molar-refractivity contribution in [1.82, 2.24) is 0 Å². The highest BCUT2D eigenvalue weighted by Gasteiger charge is 2.36. The maximum atomic E-state index is 9.02. The highest BCUT2D eigenvalue weighted by atomic mass is 14.9. The number of benzene rings is 2. The third-order valence-electron chi connectivity index (χ3n) is 8.72. The van der Waals surface area contributed by atoms with Gasteiger partial charge in [-0.05, 0) is 96.1 Å². The molecule has 168 valence electrons. The monoisotopic (exact) mass is 427 g/mol. The van der Waals surface area contributed by atoms with Crippen molar-refractivity contribution in [2.45, 2.75) is 85.0 Å². The number of hydrogen-bond donors (Lipinski definition) is 0. The minimum absolute atomic E-state index is 0.0967. The first kappa shape index (κ1) is 20.5. The maximum absolute atomic E-state index is 9.02. The van der Waals surface area contributed by atoms with Gasteiger partial charge >= 0.3 is 0 Å². The van der Waals surface area contributed by atoms with E-state index < -0.39 is 0 Å². The number of pyridine rings is 1. The molecule has 0 spiro atoms. The molecule has 0 aliphatic heterocycles. The van der Waals surface area contributed by atoms with Gasteiger partial charge in [-0.25, -0.2) is 0 Å². The normalized spacial score (nSPS) is 23.6. The van der Waals surface area contributed by atoms with Crippen LogP contribution in [0.2, 0.25) is 0 Å². The van der Waals surface area contributed by atoms with Gasteiger partial charge in [0.05, 0.1) is 12.3 Å². The summed E-state index contributed by atoms with van der Waals surface area (Å²) in [5, 5.41) is 2.34. The lowest BCUT2D eigenvalue weighted by atomic mass is 9.63. The molecule has 32 heavy (non-hydrogen) atoms. The zero-order valence-electron chi connectivity index (χ0n) is 22.1. The molecule has 1 aromatic heterocycles. The van der Waals surface area contributed by atoms with Crippen LogP contribution in [-0.4, -0.2) is 0 Å². The summed E-state index contributed by atoms with van der Waals surface area (Å²) in [7, 11) is 2.13. The Balaban J connectivity index is 1.73. The van der Waals surface area contributed by atoms with E-state index in [0.29, 0.717) is 12.0 Å². The number of hydrogen-bond acceptors (Lipinski definition) is 0. The van der Waals surface area contributed by atoms with Crippen LogP contribution >= 0.6 is 0 Å². The molecule has 3 aliphatic carbocycles. The van der Waals surface area contributed by atoms with Crippen LogP contribution in [0.25, 0.3) is 22.0 Å². The van der Waals surface area contributed by atoms with E-state index in [0.717, 1.165) is 22.9 Å². The average molecular weight is 428 g/mol. The van der Waals surface area contributed by atoms with E-state index in [1.807, 2.05) is 0 Å². The van der Waals surface area contributed by atoms with Crippen LogP contribution in [0, 0.1) is 32.6 Å². The third kappa shape index (κ3) is 3.58. The summed E-state index contributed by atoms with van der Waals surface area (Å²) in [5.74, 6) is 2.45. The van der Waals surface area contributed by atoms with Crippen molar-refractivity contribution in [3.8, 4) is 11.3 Å². The Morgan fingerprint density at radius 1 is 0.969 bits per heavy atom. The van der Waals surface area contributed by atoms with Gasteiger partial charge in [0, 0.05) is 13.0 Å². The van der Waals surface area contributed by atoms with Crippen LogP contribution in [0.3, 0.4) is 0 Å². The largest absolute Gasteiger partial charge is 0.220 e. The molecule has 0 saturated heterocycles. The molecule has 3 aromatic rings. The number of nitrogens with zero attached hydrogens (tertiary/aromatic N) is 1. The number of rotatable bonds is 2. The third-order valence-corrected chi connectivity index (χ3v) is 8.72. The molecule has 0 radical (unpaired) electrons. The molecule has 3 fully saturated rings. The molecule has 3 aliphatic rings. The summed E-state index contributed by atoms with van der Waals surface area (Å²) in [5.41, 5.74) is 9.22. The number of fused-ring (bicyclic) bond motifs is 4. The SMILES string of the molecule is [2H]c1c(C)[n+](C)c(-c2cc(C(C)(C)C)cc(C)c2C)c2ccc(C3CC4CCC3CC4)cc12. The zero-order chi connectivity index (χ0) is 23.7. The summed E-state index contributed by atoms with van der Waals surface area (Å²) in [6, 6.07) is 12.5. The Morgan fingerprint density at radius 2 is 1.69 bits per heavy atom. The van der Waals surface area contributed by atoms with Crippen molar-refractivity contribution >= 4 is 10.8 Å². The van der Waals surface area contributed by atoms with Crippen LogP contribution < -0.4 is 4.57 Å². The zero-order valence-corrected chi connectivity index (χ0v) is 21.1. The molecule has 1 heteroatoms. The van der Waals surface area contributed by atoms with Crippen molar-refractivity contribution in [3.63, 3.8) is 0 Å². The van der Waals surface area contributed by atoms with Gasteiger partial charge in [-0.3, -0.25) is 0 Å².